The number of rotatable bonds is 7. The summed E-state index contributed by atoms with van der Waals surface area (Å²) >= 11 is 0. The van der Waals surface area contributed by atoms with Crippen molar-refractivity contribution >= 4 is 18.0 Å². The van der Waals surface area contributed by atoms with E-state index in [0.29, 0.717) is 23.9 Å². The van der Waals surface area contributed by atoms with Gasteiger partial charge in [-0.3, -0.25) is 9.59 Å². The van der Waals surface area contributed by atoms with Gasteiger partial charge in [-0.15, -0.1) is 0 Å². The van der Waals surface area contributed by atoms with Crippen molar-refractivity contribution in [1.82, 2.24) is 10.7 Å². The number of nitrogens with zero attached hydrogens (tertiary/aromatic N) is 1. The zero-order chi connectivity index (χ0) is 22.2. The summed E-state index contributed by atoms with van der Waals surface area (Å²) in [5.74, 6) is 0.284. The molecular formula is C24H21N3O5. The van der Waals surface area contributed by atoms with Gasteiger partial charge in [-0.2, -0.15) is 5.10 Å². The van der Waals surface area contributed by atoms with Gasteiger partial charge in [0, 0.05) is 6.54 Å². The molecule has 0 bridgehead atoms. The van der Waals surface area contributed by atoms with E-state index < -0.39 is 11.8 Å². The van der Waals surface area contributed by atoms with Gasteiger partial charge in [-0.1, -0.05) is 48.5 Å². The summed E-state index contributed by atoms with van der Waals surface area (Å²) in [6, 6.07) is 22.4. The van der Waals surface area contributed by atoms with Crippen molar-refractivity contribution in [3.63, 3.8) is 0 Å². The van der Waals surface area contributed by atoms with Crippen molar-refractivity contribution in [2.45, 2.75) is 13.2 Å². The van der Waals surface area contributed by atoms with Gasteiger partial charge in [-0.05, 0) is 41.0 Å². The van der Waals surface area contributed by atoms with Crippen molar-refractivity contribution < 1.29 is 23.8 Å². The minimum atomic E-state index is -0.863. The second kappa shape index (κ2) is 10.1. The maximum atomic E-state index is 12.0. The molecule has 1 heterocycles. The van der Waals surface area contributed by atoms with Crippen LogP contribution < -0.4 is 25.0 Å². The molecule has 3 aromatic rings. The predicted molar refractivity (Wildman–Crippen MR) is 117 cm³/mol. The third-order valence-electron chi connectivity index (χ3n) is 4.58. The summed E-state index contributed by atoms with van der Waals surface area (Å²) in [7, 11) is 0. The molecule has 1 aliphatic heterocycles. The molecule has 0 saturated carbocycles. The van der Waals surface area contributed by atoms with E-state index in [2.05, 4.69) is 15.8 Å². The highest BCUT2D eigenvalue weighted by Gasteiger charge is 2.15. The maximum absolute atomic E-state index is 12.0. The first-order chi connectivity index (χ1) is 15.7. The Morgan fingerprint density at radius 3 is 2.62 bits per heavy atom. The molecule has 32 heavy (non-hydrogen) atoms. The van der Waals surface area contributed by atoms with Crippen molar-refractivity contribution in [2.24, 2.45) is 5.10 Å². The molecule has 0 aliphatic carbocycles. The quantitative estimate of drug-likeness (QED) is 0.341. The number of hydrazone groups is 1. The number of carbonyl (C=O) groups excluding carboxylic acids is 2. The molecule has 0 spiro atoms. The van der Waals surface area contributed by atoms with E-state index in [4.69, 9.17) is 14.2 Å². The molecule has 2 amide bonds. The number of ether oxygens (including phenoxy) is 3. The van der Waals surface area contributed by atoms with Gasteiger partial charge in [0.05, 0.1) is 6.21 Å². The molecule has 0 atom stereocenters. The molecule has 2 N–H and O–H groups in total. The molecule has 0 unspecified atom stereocenters. The van der Waals surface area contributed by atoms with Crippen LogP contribution in [0.1, 0.15) is 16.7 Å². The Hall–Kier alpha value is -4.33. The van der Waals surface area contributed by atoms with E-state index in [0.717, 1.165) is 16.7 Å². The third kappa shape index (κ3) is 5.63. The molecule has 4 rings (SSSR count). The van der Waals surface area contributed by atoms with E-state index in [1.165, 1.54) is 6.21 Å². The lowest BCUT2D eigenvalue weighted by atomic mass is 10.2. The molecular weight excluding hydrogens is 410 g/mol. The number of carbonyl (C=O) groups is 2. The van der Waals surface area contributed by atoms with Crippen LogP contribution in [-0.4, -0.2) is 24.8 Å². The second-order valence-electron chi connectivity index (χ2n) is 6.92. The Morgan fingerprint density at radius 1 is 0.906 bits per heavy atom. The number of fused-ring (bicyclic) bond motifs is 1. The Morgan fingerprint density at radius 2 is 1.75 bits per heavy atom. The van der Waals surface area contributed by atoms with Crippen molar-refractivity contribution in [3.8, 4) is 17.2 Å². The van der Waals surface area contributed by atoms with Gasteiger partial charge in [0.15, 0.2) is 11.5 Å². The number of benzene rings is 3. The maximum Gasteiger partial charge on any atom is 0.329 e. The molecule has 1 aliphatic rings. The van der Waals surface area contributed by atoms with Crippen LogP contribution in [0.25, 0.3) is 0 Å². The summed E-state index contributed by atoms with van der Waals surface area (Å²) in [5.41, 5.74) is 4.78. The van der Waals surface area contributed by atoms with Crippen LogP contribution in [0.3, 0.4) is 0 Å². The van der Waals surface area contributed by atoms with E-state index in [1.54, 1.807) is 24.3 Å². The van der Waals surface area contributed by atoms with Crippen LogP contribution in [0.5, 0.6) is 17.2 Å². The predicted octanol–water partition coefficient (Wildman–Crippen LogP) is 2.76. The Balaban J connectivity index is 1.24. The molecule has 0 radical (unpaired) electrons. The highest BCUT2D eigenvalue weighted by Crippen LogP contribution is 2.32. The minimum absolute atomic E-state index is 0.174. The van der Waals surface area contributed by atoms with Gasteiger partial charge in [-0.25, -0.2) is 5.43 Å². The summed E-state index contributed by atoms with van der Waals surface area (Å²) in [5, 5.41) is 6.39. The zero-order valence-electron chi connectivity index (χ0n) is 17.1. The smallest absolute Gasteiger partial charge is 0.329 e. The van der Waals surface area contributed by atoms with Crippen LogP contribution in [0.4, 0.5) is 0 Å². The topological polar surface area (TPSA) is 98.2 Å². The third-order valence-corrected chi connectivity index (χ3v) is 4.58. The fraction of sp³-hybridized carbons (Fsp3) is 0.125. The number of hydrogen-bond donors (Lipinski definition) is 2. The highest BCUT2D eigenvalue weighted by molar-refractivity contribution is 6.35. The van der Waals surface area contributed by atoms with Crippen LogP contribution >= 0.6 is 0 Å². The molecule has 0 fully saturated rings. The van der Waals surface area contributed by atoms with E-state index in [-0.39, 0.29) is 13.3 Å². The van der Waals surface area contributed by atoms with Crippen LogP contribution in [-0.2, 0) is 22.7 Å². The van der Waals surface area contributed by atoms with Crippen molar-refractivity contribution in [1.29, 1.82) is 0 Å². The van der Waals surface area contributed by atoms with E-state index in [1.807, 2.05) is 48.5 Å². The SMILES string of the molecule is O=C(NCc1ccc2c(c1)OCO2)C(=O)N/N=C/c1cccc(OCc2ccccc2)c1. The lowest BCUT2D eigenvalue weighted by Gasteiger charge is -2.07. The molecule has 8 heteroatoms. The summed E-state index contributed by atoms with van der Waals surface area (Å²) < 4.78 is 16.3. The van der Waals surface area contributed by atoms with Gasteiger partial charge in [0.1, 0.15) is 12.4 Å². The first-order valence-electron chi connectivity index (χ1n) is 9.94. The summed E-state index contributed by atoms with van der Waals surface area (Å²) in [6.07, 6.45) is 1.44. The summed E-state index contributed by atoms with van der Waals surface area (Å²) in [6.45, 7) is 0.794. The normalized spacial score (nSPS) is 11.9. The second-order valence-corrected chi connectivity index (χ2v) is 6.92. The average Bonchev–Trinajstić information content (AvgIpc) is 3.30. The monoisotopic (exact) mass is 431 g/mol. The van der Waals surface area contributed by atoms with Gasteiger partial charge in [0.25, 0.3) is 0 Å². The van der Waals surface area contributed by atoms with Crippen LogP contribution in [0.15, 0.2) is 77.9 Å². The first-order valence-corrected chi connectivity index (χ1v) is 9.94. The molecule has 8 nitrogen and oxygen atoms in total. The summed E-state index contributed by atoms with van der Waals surface area (Å²) in [4.78, 5) is 24.0. The standard InChI is InChI=1S/C24H21N3O5/c28-23(25-13-19-9-10-21-22(12-19)32-16-31-21)24(29)27-26-14-18-7-4-8-20(11-18)30-15-17-5-2-1-3-6-17/h1-12,14H,13,15-16H2,(H,25,28)(H,27,29)/b26-14+. The Labute approximate surface area is 184 Å². The molecule has 0 aromatic heterocycles. The molecule has 0 saturated heterocycles. The van der Waals surface area contributed by atoms with Gasteiger partial charge in [0.2, 0.25) is 6.79 Å². The number of nitrogens with one attached hydrogen (secondary N) is 2. The van der Waals surface area contributed by atoms with E-state index >= 15 is 0 Å². The lowest BCUT2D eigenvalue weighted by molar-refractivity contribution is -0.139. The Kier molecular flexibility index (Phi) is 6.62. The molecule has 3 aromatic carbocycles. The number of hydrogen-bond acceptors (Lipinski definition) is 6. The van der Waals surface area contributed by atoms with E-state index in [9.17, 15) is 9.59 Å². The molecule has 162 valence electrons. The van der Waals surface area contributed by atoms with Crippen molar-refractivity contribution in [2.75, 3.05) is 6.79 Å². The van der Waals surface area contributed by atoms with Crippen molar-refractivity contribution in [3.05, 3.63) is 89.5 Å². The largest absolute Gasteiger partial charge is 0.489 e. The van der Waals surface area contributed by atoms with Gasteiger partial charge >= 0.3 is 11.8 Å². The number of amides is 2. The first kappa shape index (κ1) is 20.9. The lowest BCUT2D eigenvalue weighted by Crippen LogP contribution is -2.37. The average molecular weight is 431 g/mol. The van der Waals surface area contributed by atoms with Gasteiger partial charge < -0.3 is 19.5 Å². The minimum Gasteiger partial charge on any atom is -0.489 e. The Bertz CT molecular complexity index is 1130. The fourth-order valence-electron chi connectivity index (χ4n) is 2.96. The van der Waals surface area contributed by atoms with Crippen LogP contribution in [0.2, 0.25) is 0 Å². The highest BCUT2D eigenvalue weighted by atomic mass is 16.7. The zero-order valence-corrected chi connectivity index (χ0v) is 17.1. The van der Waals surface area contributed by atoms with Crippen LogP contribution in [0, 0.1) is 0 Å². The fourth-order valence-corrected chi connectivity index (χ4v) is 2.96.